The van der Waals surface area contributed by atoms with Gasteiger partial charge in [-0.3, -0.25) is 9.98 Å². The van der Waals surface area contributed by atoms with E-state index in [1.54, 1.807) is 24.5 Å². The van der Waals surface area contributed by atoms with Crippen LogP contribution in [-0.4, -0.2) is 16.3 Å². The van der Waals surface area contributed by atoms with Crippen molar-refractivity contribution in [1.29, 1.82) is 0 Å². The van der Waals surface area contributed by atoms with E-state index in [4.69, 9.17) is 0 Å². The van der Waals surface area contributed by atoms with Gasteiger partial charge in [0.1, 0.15) is 5.75 Å². The summed E-state index contributed by atoms with van der Waals surface area (Å²) in [7, 11) is 0. The Morgan fingerprint density at radius 3 is 2.68 bits per heavy atom. The monoisotopic (exact) mass is 248 g/mol. The van der Waals surface area contributed by atoms with Crippen LogP contribution in [0.1, 0.15) is 5.56 Å². The molecule has 3 rings (SSSR count). The number of aliphatic imine (C=N–C) groups is 1. The number of hydrogen-bond donors (Lipinski definition) is 1. The molecule has 0 aliphatic heterocycles. The van der Waals surface area contributed by atoms with Gasteiger partial charge >= 0.3 is 0 Å². The van der Waals surface area contributed by atoms with E-state index in [1.807, 2.05) is 42.5 Å². The number of phenols is 1. The molecule has 19 heavy (non-hydrogen) atoms. The minimum Gasteiger partial charge on any atom is -0.507 e. The van der Waals surface area contributed by atoms with Crippen molar-refractivity contribution in [3.63, 3.8) is 0 Å². The lowest BCUT2D eigenvalue weighted by atomic mass is 10.2. The van der Waals surface area contributed by atoms with E-state index in [9.17, 15) is 5.11 Å². The fourth-order valence-electron chi connectivity index (χ4n) is 1.87. The van der Waals surface area contributed by atoms with E-state index in [0.29, 0.717) is 5.56 Å². The predicted molar refractivity (Wildman–Crippen MR) is 77.1 cm³/mol. The molecule has 1 N–H and O–H groups in total. The molecule has 0 spiro atoms. The summed E-state index contributed by atoms with van der Waals surface area (Å²) in [5.74, 6) is 0.222. The van der Waals surface area contributed by atoms with Crippen molar-refractivity contribution in [2.24, 2.45) is 4.99 Å². The van der Waals surface area contributed by atoms with Crippen LogP contribution < -0.4 is 0 Å². The molecule has 0 aliphatic rings. The molecule has 0 fully saturated rings. The van der Waals surface area contributed by atoms with Crippen molar-refractivity contribution in [3.8, 4) is 5.75 Å². The quantitative estimate of drug-likeness (QED) is 0.703. The van der Waals surface area contributed by atoms with Gasteiger partial charge in [0, 0.05) is 17.2 Å². The number of nitrogens with zero attached hydrogens (tertiary/aromatic N) is 2. The molecule has 0 atom stereocenters. The van der Waals surface area contributed by atoms with Gasteiger partial charge in [-0.2, -0.15) is 0 Å². The van der Waals surface area contributed by atoms with Crippen molar-refractivity contribution in [3.05, 3.63) is 66.4 Å². The smallest absolute Gasteiger partial charge is 0.124 e. The van der Waals surface area contributed by atoms with Crippen LogP contribution in [0.5, 0.6) is 5.75 Å². The van der Waals surface area contributed by atoms with Gasteiger partial charge in [-0.1, -0.05) is 30.3 Å². The van der Waals surface area contributed by atoms with E-state index < -0.39 is 0 Å². The van der Waals surface area contributed by atoms with Crippen LogP contribution in [0.4, 0.5) is 5.69 Å². The van der Waals surface area contributed by atoms with Crippen molar-refractivity contribution in [1.82, 2.24) is 4.98 Å². The molecular formula is C16H12N2O. The van der Waals surface area contributed by atoms with E-state index in [0.717, 1.165) is 16.6 Å². The first-order valence-corrected chi connectivity index (χ1v) is 6.00. The lowest BCUT2D eigenvalue weighted by Crippen LogP contribution is -1.82. The number of para-hydroxylation sites is 2. The second-order valence-electron chi connectivity index (χ2n) is 4.20. The third-order valence-corrected chi connectivity index (χ3v) is 2.87. The molecule has 0 unspecified atom stereocenters. The molecular weight excluding hydrogens is 236 g/mol. The second kappa shape index (κ2) is 4.90. The van der Waals surface area contributed by atoms with Crippen LogP contribution in [0.25, 0.3) is 10.9 Å². The molecule has 0 bridgehead atoms. The molecule has 1 aromatic heterocycles. The van der Waals surface area contributed by atoms with Crippen molar-refractivity contribution in [2.45, 2.75) is 0 Å². The standard InChI is InChI=1S/C16H12N2O/c19-16-8-4-2-6-13(16)10-17-14-9-12-5-1-3-7-15(12)18-11-14/h1-11,19H. The summed E-state index contributed by atoms with van der Waals surface area (Å²) < 4.78 is 0. The number of benzene rings is 2. The van der Waals surface area contributed by atoms with Gasteiger partial charge in [0.15, 0.2) is 0 Å². The fraction of sp³-hybridized carbons (Fsp3) is 0. The molecule has 3 heteroatoms. The SMILES string of the molecule is Oc1ccccc1C=Nc1cnc2ccccc2c1. The first-order chi connectivity index (χ1) is 9.33. The largest absolute Gasteiger partial charge is 0.507 e. The number of hydrogen-bond acceptors (Lipinski definition) is 3. The number of pyridine rings is 1. The second-order valence-corrected chi connectivity index (χ2v) is 4.20. The Labute approximate surface area is 110 Å². The zero-order valence-corrected chi connectivity index (χ0v) is 10.2. The van der Waals surface area contributed by atoms with Gasteiger partial charge in [0.05, 0.1) is 17.4 Å². The maximum Gasteiger partial charge on any atom is 0.124 e. The summed E-state index contributed by atoms with van der Waals surface area (Å²) in [6.45, 7) is 0. The van der Waals surface area contributed by atoms with Gasteiger partial charge in [-0.05, 0) is 24.3 Å². The van der Waals surface area contributed by atoms with Crippen LogP contribution in [0, 0.1) is 0 Å². The first-order valence-electron chi connectivity index (χ1n) is 6.00. The van der Waals surface area contributed by atoms with E-state index in [-0.39, 0.29) is 5.75 Å². The number of phenolic OH excluding ortho intramolecular Hbond substituents is 1. The van der Waals surface area contributed by atoms with Gasteiger partial charge in [-0.25, -0.2) is 0 Å². The molecule has 0 saturated carbocycles. The lowest BCUT2D eigenvalue weighted by Gasteiger charge is -1.99. The maximum atomic E-state index is 9.65. The highest BCUT2D eigenvalue weighted by molar-refractivity contribution is 5.87. The van der Waals surface area contributed by atoms with Crippen LogP contribution in [0.2, 0.25) is 0 Å². The van der Waals surface area contributed by atoms with Gasteiger partial charge in [0.2, 0.25) is 0 Å². The number of rotatable bonds is 2. The van der Waals surface area contributed by atoms with Crippen LogP contribution in [0.3, 0.4) is 0 Å². The Morgan fingerprint density at radius 1 is 1.00 bits per heavy atom. The predicted octanol–water partition coefficient (Wildman–Crippen LogP) is 3.69. The Kier molecular flexibility index (Phi) is 2.94. The van der Waals surface area contributed by atoms with E-state index in [1.165, 1.54) is 0 Å². The molecule has 1 heterocycles. The number of aromatic hydroxyl groups is 1. The van der Waals surface area contributed by atoms with Crippen molar-refractivity contribution in [2.75, 3.05) is 0 Å². The van der Waals surface area contributed by atoms with Crippen LogP contribution in [-0.2, 0) is 0 Å². The molecule has 0 saturated heterocycles. The average molecular weight is 248 g/mol. The summed E-state index contributed by atoms with van der Waals surface area (Å²) in [5, 5.41) is 10.7. The highest BCUT2D eigenvalue weighted by atomic mass is 16.3. The van der Waals surface area contributed by atoms with Crippen molar-refractivity contribution >= 4 is 22.8 Å². The Bertz CT molecular complexity index is 750. The molecule has 0 aliphatic carbocycles. The summed E-state index contributed by atoms with van der Waals surface area (Å²) in [6, 6.07) is 17.0. The fourth-order valence-corrected chi connectivity index (χ4v) is 1.87. The molecule has 0 radical (unpaired) electrons. The topological polar surface area (TPSA) is 45.5 Å². The normalized spacial score (nSPS) is 11.2. The van der Waals surface area contributed by atoms with Gasteiger partial charge < -0.3 is 5.11 Å². The molecule has 3 nitrogen and oxygen atoms in total. The Hall–Kier alpha value is -2.68. The number of fused-ring (bicyclic) bond motifs is 1. The zero-order valence-electron chi connectivity index (χ0n) is 10.2. The van der Waals surface area contributed by atoms with Gasteiger partial charge in [-0.15, -0.1) is 0 Å². The summed E-state index contributed by atoms with van der Waals surface area (Å²) in [4.78, 5) is 8.68. The molecule has 3 aromatic rings. The molecule has 2 aromatic carbocycles. The van der Waals surface area contributed by atoms with Crippen molar-refractivity contribution < 1.29 is 5.11 Å². The third-order valence-electron chi connectivity index (χ3n) is 2.87. The maximum absolute atomic E-state index is 9.65. The minimum atomic E-state index is 0.222. The Balaban J connectivity index is 1.95. The number of aromatic nitrogens is 1. The van der Waals surface area contributed by atoms with Crippen LogP contribution >= 0.6 is 0 Å². The highest BCUT2D eigenvalue weighted by Gasteiger charge is 1.97. The van der Waals surface area contributed by atoms with Gasteiger partial charge in [0.25, 0.3) is 0 Å². The summed E-state index contributed by atoms with van der Waals surface area (Å²) in [6.07, 6.45) is 3.36. The van der Waals surface area contributed by atoms with Crippen LogP contribution in [0.15, 0.2) is 65.8 Å². The average Bonchev–Trinajstić information content (AvgIpc) is 2.46. The summed E-state index contributed by atoms with van der Waals surface area (Å²) in [5.41, 5.74) is 2.40. The van der Waals surface area contributed by atoms with E-state index in [2.05, 4.69) is 9.98 Å². The summed E-state index contributed by atoms with van der Waals surface area (Å²) >= 11 is 0. The molecule has 0 amide bonds. The highest BCUT2D eigenvalue weighted by Crippen LogP contribution is 2.19. The first kappa shape index (κ1) is 11.4. The zero-order chi connectivity index (χ0) is 13.1. The molecule has 92 valence electrons. The Morgan fingerprint density at radius 2 is 1.79 bits per heavy atom. The minimum absolute atomic E-state index is 0.222. The third kappa shape index (κ3) is 2.45. The van der Waals surface area contributed by atoms with E-state index >= 15 is 0 Å². The lowest BCUT2D eigenvalue weighted by molar-refractivity contribution is 0.474.